The van der Waals surface area contributed by atoms with Crippen LogP contribution in [0.4, 0.5) is 5.82 Å². The fourth-order valence-electron chi connectivity index (χ4n) is 2.82. The summed E-state index contributed by atoms with van der Waals surface area (Å²) < 4.78 is 14.2. The van der Waals surface area contributed by atoms with Crippen LogP contribution in [0.2, 0.25) is 0 Å². The predicted octanol–water partition coefficient (Wildman–Crippen LogP) is 5.40. The van der Waals surface area contributed by atoms with Crippen LogP contribution in [0.15, 0.2) is 45.8 Å². The standard InChI is InChI=1S/C19H20N2O2S/c1-3-12-4-8-17(22-2)18(10-12)24-21-19-15-11-14(13-5-6-13)7-9-16(15)23-20-19/h4,7-11,13H,3,5-6H2,1-2H3,(H,20,21). The predicted molar refractivity (Wildman–Crippen MR) is 97.8 cm³/mol. The molecule has 1 saturated carbocycles. The van der Waals surface area contributed by atoms with E-state index in [0.717, 1.165) is 33.9 Å². The Hall–Kier alpha value is -2.14. The van der Waals surface area contributed by atoms with E-state index in [1.807, 2.05) is 12.1 Å². The van der Waals surface area contributed by atoms with Crippen molar-refractivity contribution in [3.63, 3.8) is 0 Å². The summed E-state index contributed by atoms with van der Waals surface area (Å²) in [7, 11) is 1.69. The second kappa shape index (κ2) is 6.40. The van der Waals surface area contributed by atoms with Gasteiger partial charge in [-0.05, 0) is 72.5 Å². The molecule has 1 fully saturated rings. The molecule has 24 heavy (non-hydrogen) atoms. The number of aryl methyl sites for hydroxylation is 1. The zero-order valence-electron chi connectivity index (χ0n) is 13.8. The van der Waals surface area contributed by atoms with Crippen LogP contribution in [0.3, 0.4) is 0 Å². The van der Waals surface area contributed by atoms with Crippen molar-refractivity contribution in [2.45, 2.75) is 37.0 Å². The summed E-state index contributed by atoms with van der Waals surface area (Å²) in [6.45, 7) is 2.15. The first-order valence-electron chi connectivity index (χ1n) is 8.27. The van der Waals surface area contributed by atoms with Gasteiger partial charge in [0.15, 0.2) is 11.4 Å². The van der Waals surface area contributed by atoms with Crippen LogP contribution in [-0.2, 0) is 6.42 Å². The van der Waals surface area contributed by atoms with Gasteiger partial charge in [0.25, 0.3) is 0 Å². The molecule has 2 aromatic carbocycles. The zero-order valence-corrected chi connectivity index (χ0v) is 14.7. The van der Waals surface area contributed by atoms with Crippen LogP contribution in [-0.4, -0.2) is 12.3 Å². The maximum atomic E-state index is 5.46. The first-order chi connectivity index (χ1) is 11.8. The van der Waals surface area contributed by atoms with Crippen molar-refractivity contribution in [3.8, 4) is 5.75 Å². The summed E-state index contributed by atoms with van der Waals surface area (Å²) in [6, 6.07) is 12.6. The average molecular weight is 340 g/mol. The van der Waals surface area contributed by atoms with Gasteiger partial charge >= 0.3 is 0 Å². The van der Waals surface area contributed by atoms with E-state index < -0.39 is 0 Å². The van der Waals surface area contributed by atoms with Gasteiger partial charge in [0.1, 0.15) is 5.75 Å². The number of hydrogen-bond donors (Lipinski definition) is 1. The largest absolute Gasteiger partial charge is 0.496 e. The van der Waals surface area contributed by atoms with Crippen LogP contribution in [0.25, 0.3) is 11.0 Å². The molecule has 3 aromatic rings. The highest BCUT2D eigenvalue weighted by molar-refractivity contribution is 8.00. The smallest absolute Gasteiger partial charge is 0.187 e. The molecule has 5 heteroatoms. The van der Waals surface area contributed by atoms with E-state index in [1.54, 1.807) is 7.11 Å². The highest BCUT2D eigenvalue weighted by Crippen LogP contribution is 2.42. The molecule has 1 aliphatic rings. The summed E-state index contributed by atoms with van der Waals surface area (Å²) in [6.07, 6.45) is 3.57. The molecule has 0 saturated heterocycles. The minimum atomic E-state index is 0.714. The third kappa shape index (κ3) is 2.96. The van der Waals surface area contributed by atoms with Crippen molar-refractivity contribution in [1.29, 1.82) is 0 Å². The molecule has 1 aromatic heterocycles. The number of hydrogen-bond acceptors (Lipinski definition) is 5. The van der Waals surface area contributed by atoms with Crippen molar-refractivity contribution in [1.82, 2.24) is 5.16 Å². The molecule has 0 spiro atoms. The average Bonchev–Trinajstić information content (AvgIpc) is 3.40. The SMILES string of the molecule is CCc1ccc(OC)c(SNc2noc3ccc(C4CC4)cc23)c1. The van der Waals surface area contributed by atoms with E-state index in [2.05, 4.69) is 41.1 Å². The lowest BCUT2D eigenvalue weighted by molar-refractivity contribution is 0.404. The van der Waals surface area contributed by atoms with Gasteiger partial charge < -0.3 is 14.0 Å². The van der Waals surface area contributed by atoms with Crippen molar-refractivity contribution in [2.24, 2.45) is 0 Å². The molecule has 0 bridgehead atoms. The van der Waals surface area contributed by atoms with Gasteiger partial charge in [0.2, 0.25) is 0 Å². The van der Waals surface area contributed by atoms with Crippen molar-refractivity contribution in [2.75, 3.05) is 11.8 Å². The summed E-state index contributed by atoms with van der Waals surface area (Å²) in [5.41, 5.74) is 3.47. The molecule has 1 aliphatic carbocycles. The third-order valence-corrected chi connectivity index (χ3v) is 5.27. The Bertz CT molecular complexity index is 871. The molecule has 4 rings (SSSR count). The maximum absolute atomic E-state index is 5.46. The normalized spacial score (nSPS) is 14.1. The third-order valence-electron chi connectivity index (χ3n) is 4.44. The first kappa shape index (κ1) is 15.4. The number of rotatable bonds is 6. The second-order valence-electron chi connectivity index (χ2n) is 6.10. The molecular weight excluding hydrogens is 320 g/mol. The lowest BCUT2D eigenvalue weighted by atomic mass is 10.1. The lowest BCUT2D eigenvalue weighted by Crippen LogP contribution is -1.93. The van der Waals surface area contributed by atoms with Crippen LogP contribution >= 0.6 is 11.9 Å². The monoisotopic (exact) mass is 340 g/mol. The Labute approximate surface area is 145 Å². The molecule has 1 heterocycles. The Kier molecular flexibility index (Phi) is 4.10. The minimum absolute atomic E-state index is 0.714. The number of nitrogens with one attached hydrogen (secondary N) is 1. The lowest BCUT2D eigenvalue weighted by Gasteiger charge is -2.10. The number of fused-ring (bicyclic) bond motifs is 1. The van der Waals surface area contributed by atoms with Gasteiger partial charge in [-0.3, -0.25) is 0 Å². The number of nitrogens with zero attached hydrogens (tertiary/aromatic N) is 1. The fourth-order valence-corrected chi connectivity index (χ4v) is 3.64. The number of aromatic nitrogens is 1. The molecular formula is C19H20N2O2S. The van der Waals surface area contributed by atoms with Gasteiger partial charge in [0, 0.05) is 0 Å². The van der Waals surface area contributed by atoms with Gasteiger partial charge in [-0.15, -0.1) is 0 Å². The summed E-state index contributed by atoms with van der Waals surface area (Å²) in [5, 5.41) is 5.22. The van der Waals surface area contributed by atoms with E-state index in [0.29, 0.717) is 5.92 Å². The highest BCUT2D eigenvalue weighted by atomic mass is 32.2. The van der Waals surface area contributed by atoms with E-state index >= 15 is 0 Å². The Morgan fingerprint density at radius 1 is 1.25 bits per heavy atom. The Morgan fingerprint density at radius 3 is 2.88 bits per heavy atom. The van der Waals surface area contributed by atoms with Crippen LogP contribution in [0.1, 0.15) is 36.8 Å². The molecule has 0 atom stereocenters. The van der Waals surface area contributed by atoms with E-state index in [4.69, 9.17) is 9.26 Å². The Morgan fingerprint density at radius 2 is 2.12 bits per heavy atom. The second-order valence-corrected chi connectivity index (χ2v) is 6.95. The van der Waals surface area contributed by atoms with Gasteiger partial charge in [-0.2, -0.15) is 0 Å². The fraction of sp³-hybridized carbons (Fsp3) is 0.316. The zero-order chi connectivity index (χ0) is 16.5. The van der Waals surface area contributed by atoms with E-state index in [9.17, 15) is 0 Å². The molecule has 1 N–H and O–H groups in total. The molecule has 4 nitrogen and oxygen atoms in total. The number of benzene rings is 2. The van der Waals surface area contributed by atoms with Crippen molar-refractivity contribution in [3.05, 3.63) is 47.5 Å². The van der Waals surface area contributed by atoms with E-state index in [1.165, 1.54) is 35.9 Å². The minimum Gasteiger partial charge on any atom is -0.496 e. The van der Waals surface area contributed by atoms with E-state index in [-0.39, 0.29) is 0 Å². The maximum Gasteiger partial charge on any atom is 0.187 e. The summed E-state index contributed by atoms with van der Waals surface area (Å²) in [4.78, 5) is 1.05. The topological polar surface area (TPSA) is 47.3 Å². The molecule has 124 valence electrons. The van der Waals surface area contributed by atoms with Crippen LogP contribution < -0.4 is 9.46 Å². The molecule has 0 amide bonds. The van der Waals surface area contributed by atoms with Crippen molar-refractivity contribution >= 4 is 28.7 Å². The molecule has 0 unspecified atom stereocenters. The highest BCUT2D eigenvalue weighted by Gasteiger charge is 2.24. The number of methoxy groups -OCH3 is 1. The number of ether oxygens (including phenoxy) is 1. The van der Waals surface area contributed by atoms with Crippen LogP contribution in [0.5, 0.6) is 5.75 Å². The molecule has 0 aliphatic heterocycles. The Balaban J connectivity index is 1.59. The van der Waals surface area contributed by atoms with Gasteiger partial charge in [0.05, 0.1) is 17.4 Å². The van der Waals surface area contributed by atoms with Crippen LogP contribution in [0, 0.1) is 0 Å². The number of anilines is 1. The quantitative estimate of drug-likeness (QED) is 0.609. The first-order valence-corrected chi connectivity index (χ1v) is 9.09. The van der Waals surface area contributed by atoms with Gasteiger partial charge in [-0.25, -0.2) is 0 Å². The molecule has 0 radical (unpaired) electrons. The summed E-state index contributed by atoms with van der Waals surface area (Å²) >= 11 is 1.51. The van der Waals surface area contributed by atoms with Crippen molar-refractivity contribution < 1.29 is 9.26 Å². The van der Waals surface area contributed by atoms with Gasteiger partial charge in [-0.1, -0.05) is 24.2 Å². The summed E-state index contributed by atoms with van der Waals surface area (Å²) in [5.74, 6) is 2.34.